The van der Waals surface area contributed by atoms with Gasteiger partial charge in [-0.15, -0.1) is 11.3 Å². The van der Waals surface area contributed by atoms with Crippen LogP contribution in [0.1, 0.15) is 34.6 Å². The van der Waals surface area contributed by atoms with Gasteiger partial charge in [0.1, 0.15) is 0 Å². The van der Waals surface area contributed by atoms with E-state index in [4.69, 9.17) is 0 Å². The van der Waals surface area contributed by atoms with Gasteiger partial charge < -0.3 is 9.30 Å². The predicted molar refractivity (Wildman–Crippen MR) is 110 cm³/mol. The smallest absolute Gasteiger partial charge is 0.305 e. The molecule has 0 aliphatic carbocycles. The Bertz CT molecular complexity index is 942. The highest BCUT2D eigenvalue weighted by Crippen LogP contribution is 2.30. The van der Waals surface area contributed by atoms with Gasteiger partial charge in [-0.1, -0.05) is 23.9 Å². The predicted octanol–water partition coefficient (Wildman–Crippen LogP) is 4.64. The maximum Gasteiger partial charge on any atom is 0.305 e. The summed E-state index contributed by atoms with van der Waals surface area (Å²) in [7, 11) is 1.40. The fraction of sp³-hybridized carbons (Fsp3) is 0.350. The molecule has 0 atom stereocenters. The number of carbonyl (C=O) groups is 2. The number of hydrogen-bond acceptors (Lipinski definition) is 6. The Balaban J connectivity index is 1.64. The number of ketones is 1. The van der Waals surface area contributed by atoms with Crippen molar-refractivity contribution in [2.45, 2.75) is 37.6 Å². The lowest BCUT2D eigenvalue weighted by Gasteiger charge is -2.09. The topological polar surface area (TPSA) is 61.2 Å². The summed E-state index contributed by atoms with van der Waals surface area (Å²) >= 11 is 3.10. The van der Waals surface area contributed by atoms with Gasteiger partial charge >= 0.3 is 5.97 Å². The first-order valence-electron chi connectivity index (χ1n) is 8.74. The molecule has 0 N–H and O–H groups in total. The minimum atomic E-state index is -0.207. The largest absolute Gasteiger partial charge is 0.469 e. The van der Waals surface area contributed by atoms with Crippen LogP contribution in [0, 0.1) is 13.8 Å². The first kappa shape index (κ1) is 19.6. The Kier molecular flexibility index (Phi) is 6.34. The minimum Gasteiger partial charge on any atom is -0.469 e. The number of Topliss-reactive ketones (excluding diaryl/α,β-unsaturated/α-hetero) is 1. The third-order valence-corrected chi connectivity index (χ3v) is 6.64. The van der Waals surface area contributed by atoms with Crippen molar-refractivity contribution >= 4 is 45.1 Å². The maximum absolute atomic E-state index is 12.7. The van der Waals surface area contributed by atoms with Gasteiger partial charge in [-0.3, -0.25) is 9.59 Å². The molecule has 2 heterocycles. The molecule has 142 valence electrons. The maximum atomic E-state index is 12.7. The van der Waals surface area contributed by atoms with Crippen LogP contribution < -0.4 is 0 Å². The van der Waals surface area contributed by atoms with Gasteiger partial charge in [0.05, 0.1) is 23.1 Å². The molecule has 7 heteroatoms. The highest BCUT2D eigenvalue weighted by atomic mass is 32.2. The van der Waals surface area contributed by atoms with Crippen LogP contribution in [0.25, 0.3) is 10.2 Å². The van der Waals surface area contributed by atoms with Gasteiger partial charge in [0.15, 0.2) is 10.1 Å². The Morgan fingerprint density at radius 2 is 2.04 bits per heavy atom. The zero-order chi connectivity index (χ0) is 19.4. The van der Waals surface area contributed by atoms with E-state index in [0.29, 0.717) is 25.1 Å². The fourth-order valence-electron chi connectivity index (χ4n) is 3.03. The lowest BCUT2D eigenvalue weighted by molar-refractivity contribution is -0.140. The second kappa shape index (κ2) is 8.71. The van der Waals surface area contributed by atoms with E-state index in [1.54, 1.807) is 11.3 Å². The summed E-state index contributed by atoms with van der Waals surface area (Å²) < 4.78 is 8.82. The molecule has 3 rings (SSSR count). The van der Waals surface area contributed by atoms with E-state index in [-0.39, 0.29) is 11.8 Å². The van der Waals surface area contributed by atoms with Crippen molar-refractivity contribution in [3.63, 3.8) is 0 Å². The van der Waals surface area contributed by atoms with Crippen LogP contribution in [-0.2, 0) is 16.1 Å². The molecule has 0 amide bonds. The molecule has 2 aromatic heterocycles. The molecule has 27 heavy (non-hydrogen) atoms. The quantitative estimate of drug-likeness (QED) is 0.312. The van der Waals surface area contributed by atoms with Gasteiger partial charge in [0.2, 0.25) is 0 Å². The van der Waals surface area contributed by atoms with Crippen LogP contribution in [0.15, 0.2) is 34.7 Å². The Labute approximate surface area is 166 Å². The number of rotatable bonds is 8. The third kappa shape index (κ3) is 4.59. The van der Waals surface area contributed by atoms with Gasteiger partial charge in [-0.2, -0.15) is 0 Å². The average molecular weight is 403 g/mol. The molecule has 3 aromatic rings. The number of aromatic nitrogens is 2. The van der Waals surface area contributed by atoms with Gasteiger partial charge in [-0.25, -0.2) is 4.98 Å². The molecular formula is C20H22N2O3S2. The number of aryl methyl sites for hydroxylation is 1. The number of esters is 1. The molecule has 0 spiro atoms. The van der Waals surface area contributed by atoms with Gasteiger partial charge in [0, 0.05) is 29.9 Å². The van der Waals surface area contributed by atoms with Gasteiger partial charge in [-0.05, 0) is 38.5 Å². The molecule has 1 aromatic carbocycles. The minimum absolute atomic E-state index is 0.103. The molecular weight excluding hydrogens is 380 g/mol. The van der Waals surface area contributed by atoms with Crippen molar-refractivity contribution in [3.8, 4) is 0 Å². The molecule has 0 bridgehead atoms. The molecule has 0 aliphatic heterocycles. The fourth-order valence-corrected chi connectivity index (χ4v) is 4.98. The number of carbonyl (C=O) groups excluding carboxylic acids is 2. The SMILES string of the molecule is COC(=O)CCCn1c(C)cc(C(=O)CSc2nc3ccccc3s2)c1C. The number of para-hydroxylation sites is 1. The molecule has 0 saturated carbocycles. The zero-order valence-electron chi connectivity index (χ0n) is 15.7. The highest BCUT2D eigenvalue weighted by molar-refractivity contribution is 8.01. The summed E-state index contributed by atoms with van der Waals surface area (Å²) in [5, 5.41) is 0. The summed E-state index contributed by atoms with van der Waals surface area (Å²) in [6, 6.07) is 9.93. The summed E-state index contributed by atoms with van der Waals surface area (Å²) in [4.78, 5) is 28.6. The molecule has 0 radical (unpaired) electrons. The van der Waals surface area contributed by atoms with E-state index in [1.807, 2.05) is 44.2 Å². The van der Waals surface area contributed by atoms with E-state index < -0.39 is 0 Å². The van der Waals surface area contributed by atoms with E-state index in [2.05, 4.69) is 14.3 Å². The Morgan fingerprint density at radius 3 is 2.78 bits per heavy atom. The standard InChI is InChI=1S/C20H22N2O3S2/c1-13-11-15(14(2)22(13)10-6-9-19(24)25-3)17(23)12-26-20-21-16-7-4-5-8-18(16)27-20/h4-5,7-8,11H,6,9-10,12H2,1-3H3. The van der Waals surface area contributed by atoms with E-state index in [9.17, 15) is 9.59 Å². The molecule has 0 fully saturated rings. The number of hydrogen-bond donors (Lipinski definition) is 0. The average Bonchev–Trinajstić information content (AvgIpc) is 3.21. The second-order valence-corrected chi connectivity index (χ2v) is 8.53. The number of ether oxygens (including phenoxy) is 1. The summed E-state index contributed by atoms with van der Waals surface area (Å²) in [6.07, 6.45) is 1.07. The van der Waals surface area contributed by atoms with E-state index >= 15 is 0 Å². The number of thioether (sulfide) groups is 1. The number of methoxy groups -OCH3 is 1. The summed E-state index contributed by atoms with van der Waals surface area (Å²) in [5.74, 6) is 0.263. The van der Waals surface area contributed by atoms with Crippen LogP contribution in [0.3, 0.4) is 0 Å². The Hall–Kier alpha value is -2.12. The van der Waals surface area contributed by atoms with E-state index in [0.717, 1.165) is 31.5 Å². The lowest BCUT2D eigenvalue weighted by Crippen LogP contribution is -2.08. The zero-order valence-corrected chi connectivity index (χ0v) is 17.3. The van der Waals surface area contributed by atoms with Crippen LogP contribution >= 0.6 is 23.1 Å². The lowest BCUT2D eigenvalue weighted by atomic mass is 10.2. The number of benzene rings is 1. The van der Waals surface area contributed by atoms with Crippen LogP contribution in [0.4, 0.5) is 0 Å². The molecule has 5 nitrogen and oxygen atoms in total. The van der Waals surface area contributed by atoms with Crippen LogP contribution in [0.5, 0.6) is 0 Å². The normalized spacial score (nSPS) is 11.1. The third-order valence-electron chi connectivity index (χ3n) is 4.47. The second-order valence-electron chi connectivity index (χ2n) is 6.28. The van der Waals surface area contributed by atoms with Crippen LogP contribution in [-0.4, -0.2) is 34.2 Å². The molecule has 0 saturated heterocycles. The van der Waals surface area contributed by atoms with Crippen molar-refractivity contribution in [2.75, 3.05) is 12.9 Å². The van der Waals surface area contributed by atoms with Gasteiger partial charge in [0.25, 0.3) is 0 Å². The van der Waals surface area contributed by atoms with Crippen molar-refractivity contribution in [2.24, 2.45) is 0 Å². The van der Waals surface area contributed by atoms with Crippen molar-refractivity contribution in [1.82, 2.24) is 9.55 Å². The first-order chi connectivity index (χ1) is 13.0. The Morgan fingerprint density at radius 1 is 1.26 bits per heavy atom. The van der Waals surface area contributed by atoms with Crippen LogP contribution in [0.2, 0.25) is 0 Å². The van der Waals surface area contributed by atoms with Crippen molar-refractivity contribution < 1.29 is 14.3 Å². The number of fused-ring (bicyclic) bond motifs is 1. The number of thiazole rings is 1. The summed E-state index contributed by atoms with van der Waals surface area (Å²) in [5.41, 5.74) is 3.71. The molecule has 0 aliphatic rings. The highest BCUT2D eigenvalue weighted by Gasteiger charge is 2.17. The monoisotopic (exact) mass is 402 g/mol. The van der Waals surface area contributed by atoms with E-state index in [1.165, 1.54) is 18.9 Å². The first-order valence-corrected chi connectivity index (χ1v) is 10.5. The number of nitrogens with zero attached hydrogens (tertiary/aromatic N) is 2. The van der Waals surface area contributed by atoms with Crippen molar-refractivity contribution in [3.05, 3.63) is 47.3 Å². The van der Waals surface area contributed by atoms with Crippen molar-refractivity contribution in [1.29, 1.82) is 0 Å². The summed E-state index contributed by atoms with van der Waals surface area (Å²) in [6.45, 7) is 4.65. The molecule has 0 unspecified atom stereocenters.